The number of hydrogen-bond acceptors (Lipinski definition) is 3. The van der Waals surface area contributed by atoms with Crippen molar-refractivity contribution in [3.05, 3.63) is 0 Å². The van der Waals surface area contributed by atoms with Crippen LogP contribution in [0.15, 0.2) is 0 Å². The second kappa shape index (κ2) is 4.11. The molecule has 1 N–H and O–H groups in total. The highest BCUT2D eigenvalue weighted by Gasteiger charge is 2.23. The van der Waals surface area contributed by atoms with Crippen LogP contribution in [-0.4, -0.2) is 41.8 Å². The van der Waals surface area contributed by atoms with Crippen molar-refractivity contribution in [3.63, 3.8) is 0 Å². The summed E-state index contributed by atoms with van der Waals surface area (Å²) >= 11 is 0. The van der Waals surface area contributed by atoms with Crippen molar-refractivity contribution in [2.24, 2.45) is 5.92 Å². The topological polar surface area (TPSA) is 66.8 Å². The van der Waals surface area contributed by atoms with Crippen LogP contribution < -0.4 is 0 Å². The summed E-state index contributed by atoms with van der Waals surface area (Å²) in [6.07, 6.45) is 0.372. The van der Waals surface area contributed by atoms with Gasteiger partial charge in [0, 0.05) is 13.1 Å². The van der Waals surface area contributed by atoms with E-state index >= 15 is 0 Å². The van der Waals surface area contributed by atoms with E-state index in [4.69, 9.17) is 9.84 Å². The van der Waals surface area contributed by atoms with Crippen LogP contribution in [-0.2, 0) is 9.53 Å². The molecule has 1 amide bonds. The third-order valence-corrected chi connectivity index (χ3v) is 1.97. The van der Waals surface area contributed by atoms with Crippen molar-refractivity contribution in [3.8, 4) is 0 Å². The van der Waals surface area contributed by atoms with Gasteiger partial charge in [0.15, 0.2) is 0 Å². The average Bonchev–Trinajstić information content (AvgIpc) is 2.08. The van der Waals surface area contributed by atoms with E-state index in [0.717, 1.165) is 6.42 Å². The van der Waals surface area contributed by atoms with Crippen LogP contribution in [0.25, 0.3) is 0 Å². The third kappa shape index (κ3) is 2.61. The van der Waals surface area contributed by atoms with Gasteiger partial charge in [0.05, 0.1) is 12.5 Å². The molecule has 1 aliphatic heterocycles. The van der Waals surface area contributed by atoms with Gasteiger partial charge in [-0.05, 0) is 6.42 Å². The van der Waals surface area contributed by atoms with Crippen LogP contribution in [0, 0.1) is 5.92 Å². The van der Waals surface area contributed by atoms with E-state index in [9.17, 15) is 9.59 Å². The molecule has 13 heavy (non-hydrogen) atoms. The Balaban J connectivity index is 2.42. The van der Waals surface area contributed by atoms with E-state index in [1.165, 1.54) is 4.90 Å². The maximum absolute atomic E-state index is 11.1. The number of carbonyl (C=O) groups excluding carboxylic acids is 1. The van der Waals surface area contributed by atoms with Gasteiger partial charge in [0.1, 0.15) is 0 Å². The molecule has 1 saturated heterocycles. The lowest BCUT2D eigenvalue weighted by molar-refractivity contribution is -0.141. The van der Waals surface area contributed by atoms with Crippen LogP contribution >= 0.6 is 0 Å². The fourth-order valence-electron chi connectivity index (χ4n) is 1.17. The molecule has 5 heteroatoms. The number of hydrogen-bond donors (Lipinski definition) is 1. The SMILES string of the molecule is CC(CN1CCCOC1=O)C(=O)O. The van der Waals surface area contributed by atoms with Crippen LogP contribution in [0.3, 0.4) is 0 Å². The molecule has 0 radical (unpaired) electrons. The Hall–Kier alpha value is -1.26. The van der Waals surface area contributed by atoms with Crippen molar-refractivity contribution in [1.29, 1.82) is 0 Å². The van der Waals surface area contributed by atoms with E-state index < -0.39 is 18.0 Å². The Morgan fingerprint density at radius 2 is 2.46 bits per heavy atom. The molecular weight excluding hydrogens is 174 g/mol. The highest BCUT2D eigenvalue weighted by molar-refractivity contribution is 5.72. The lowest BCUT2D eigenvalue weighted by Crippen LogP contribution is -2.41. The van der Waals surface area contributed by atoms with Gasteiger partial charge in [-0.15, -0.1) is 0 Å². The highest BCUT2D eigenvalue weighted by atomic mass is 16.6. The maximum atomic E-state index is 11.1. The summed E-state index contributed by atoms with van der Waals surface area (Å²) in [6.45, 7) is 2.84. The Kier molecular flexibility index (Phi) is 3.11. The van der Waals surface area contributed by atoms with Gasteiger partial charge in [0.25, 0.3) is 0 Å². The molecule has 1 aliphatic rings. The first kappa shape index (κ1) is 9.83. The molecule has 1 heterocycles. The molecule has 0 aromatic carbocycles. The molecule has 1 fully saturated rings. The summed E-state index contributed by atoms with van der Waals surface area (Å²) in [7, 11) is 0. The minimum atomic E-state index is -0.890. The van der Waals surface area contributed by atoms with Crippen LogP contribution in [0.2, 0.25) is 0 Å². The van der Waals surface area contributed by atoms with E-state index in [0.29, 0.717) is 13.2 Å². The van der Waals surface area contributed by atoms with Crippen LogP contribution in [0.5, 0.6) is 0 Å². The molecule has 0 bridgehead atoms. The summed E-state index contributed by atoms with van der Waals surface area (Å²) in [6, 6.07) is 0. The second-order valence-corrected chi connectivity index (χ2v) is 3.15. The molecular formula is C8H13NO4. The molecule has 0 aliphatic carbocycles. The number of cyclic esters (lactones) is 1. The first-order chi connectivity index (χ1) is 6.11. The number of rotatable bonds is 3. The minimum absolute atomic E-state index is 0.230. The minimum Gasteiger partial charge on any atom is -0.481 e. The molecule has 74 valence electrons. The number of carboxylic acid groups (broad SMARTS) is 1. The summed E-state index contributed by atoms with van der Waals surface area (Å²) in [4.78, 5) is 23.0. The first-order valence-corrected chi connectivity index (χ1v) is 4.25. The summed E-state index contributed by atoms with van der Waals surface area (Å²) in [5.74, 6) is -1.43. The molecule has 0 saturated carbocycles. The second-order valence-electron chi connectivity index (χ2n) is 3.15. The normalized spacial score (nSPS) is 19.5. The number of carbonyl (C=O) groups is 2. The van der Waals surface area contributed by atoms with Gasteiger partial charge in [-0.1, -0.05) is 6.92 Å². The zero-order valence-electron chi connectivity index (χ0n) is 7.52. The average molecular weight is 187 g/mol. The quantitative estimate of drug-likeness (QED) is 0.700. The van der Waals surface area contributed by atoms with Gasteiger partial charge in [-0.25, -0.2) is 4.79 Å². The van der Waals surface area contributed by atoms with Crippen molar-refractivity contribution < 1.29 is 19.4 Å². The summed E-state index contributed by atoms with van der Waals surface area (Å²) < 4.78 is 4.77. The maximum Gasteiger partial charge on any atom is 0.409 e. The molecule has 1 rings (SSSR count). The van der Waals surface area contributed by atoms with Crippen molar-refractivity contribution in [2.75, 3.05) is 19.7 Å². The highest BCUT2D eigenvalue weighted by Crippen LogP contribution is 2.08. The molecule has 1 unspecified atom stereocenters. The van der Waals surface area contributed by atoms with E-state index in [-0.39, 0.29) is 6.54 Å². The number of ether oxygens (including phenoxy) is 1. The zero-order valence-corrected chi connectivity index (χ0v) is 7.52. The Bertz CT molecular complexity index is 216. The largest absolute Gasteiger partial charge is 0.481 e. The summed E-state index contributed by atoms with van der Waals surface area (Å²) in [5.41, 5.74) is 0. The Morgan fingerprint density at radius 3 is 3.00 bits per heavy atom. The van der Waals surface area contributed by atoms with Gasteiger partial charge in [0.2, 0.25) is 0 Å². The molecule has 5 nitrogen and oxygen atoms in total. The third-order valence-electron chi connectivity index (χ3n) is 1.97. The van der Waals surface area contributed by atoms with Crippen molar-refractivity contribution >= 4 is 12.1 Å². The van der Waals surface area contributed by atoms with Gasteiger partial charge in [-0.3, -0.25) is 4.79 Å². The van der Waals surface area contributed by atoms with E-state index in [2.05, 4.69) is 0 Å². The molecule has 1 atom stereocenters. The number of amides is 1. The van der Waals surface area contributed by atoms with Gasteiger partial charge >= 0.3 is 12.1 Å². The fraction of sp³-hybridized carbons (Fsp3) is 0.750. The monoisotopic (exact) mass is 187 g/mol. The van der Waals surface area contributed by atoms with Gasteiger partial charge in [-0.2, -0.15) is 0 Å². The predicted molar refractivity (Wildman–Crippen MR) is 44.3 cm³/mol. The van der Waals surface area contributed by atoms with Crippen molar-refractivity contribution in [2.45, 2.75) is 13.3 Å². The van der Waals surface area contributed by atoms with Gasteiger partial charge < -0.3 is 14.7 Å². The number of carboxylic acids is 1. The lowest BCUT2D eigenvalue weighted by atomic mass is 10.1. The van der Waals surface area contributed by atoms with Crippen molar-refractivity contribution in [1.82, 2.24) is 4.90 Å². The molecule has 0 aromatic rings. The number of aliphatic carboxylic acids is 1. The fourth-order valence-corrected chi connectivity index (χ4v) is 1.17. The van der Waals surface area contributed by atoms with Crippen LogP contribution in [0.4, 0.5) is 4.79 Å². The predicted octanol–water partition coefficient (Wildman–Crippen LogP) is 0.549. The Labute approximate surface area is 76.3 Å². The molecule has 0 aromatic heterocycles. The standard InChI is InChI=1S/C8H13NO4/c1-6(7(10)11)5-9-3-2-4-13-8(9)12/h6H,2-5H2,1H3,(H,10,11). The summed E-state index contributed by atoms with van der Waals surface area (Å²) in [5, 5.41) is 8.62. The number of nitrogens with zero attached hydrogens (tertiary/aromatic N) is 1. The first-order valence-electron chi connectivity index (χ1n) is 4.25. The van der Waals surface area contributed by atoms with E-state index in [1.807, 2.05) is 0 Å². The Morgan fingerprint density at radius 1 is 1.77 bits per heavy atom. The van der Waals surface area contributed by atoms with Crippen LogP contribution in [0.1, 0.15) is 13.3 Å². The zero-order chi connectivity index (χ0) is 9.84. The smallest absolute Gasteiger partial charge is 0.409 e. The van der Waals surface area contributed by atoms with E-state index in [1.54, 1.807) is 6.92 Å². The lowest BCUT2D eigenvalue weighted by Gasteiger charge is -2.27. The molecule has 0 spiro atoms.